The number of hydrogen-bond donors (Lipinski definition) is 1. The third-order valence-electron chi connectivity index (χ3n) is 2.83. The second-order valence-corrected chi connectivity index (χ2v) is 4.81. The van der Waals surface area contributed by atoms with Crippen LogP contribution in [-0.2, 0) is 6.54 Å². The van der Waals surface area contributed by atoms with Gasteiger partial charge in [0, 0.05) is 12.6 Å². The highest BCUT2D eigenvalue weighted by Gasteiger charge is 2.11. The number of ether oxygens (including phenoxy) is 1. The van der Waals surface area contributed by atoms with E-state index in [2.05, 4.69) is 5.32 Å². The van der Waals surface area contributed by atoms with E-state index in [-0.39, 0.29) is 11.4 Å². The van der Waals surface area contributed by atoms with Gasteiger partial charge in [-0.1, -0.05) is 30.7 Å². The van der Waals surface area contributed by atoms with E-state index in [1.165, 1.54) is 18.2 Å². The van der Waals surface area contributed by atoms with Gasteiger partial charge in [-0.05, 0) is 30.3 Å². The van der Waals surface area contributed by atoms with E-state index in [0.717, 1.165) is 18.7 Å². The van der Waals surface area contributed by atoms with Crippen LogP contribution >= 0.6 is 11.6 Å². The van der Waals surface area contributed by atoms with Crippen molar-refractivity contribution in [1.82, 2.24) is 5.32 Å². The summed E-state index contributed by atoms with van der Waals surface area (Å²) in [6.45, 7) is 3.64. The van der Waals surface area contributed by atoms with E-state index >= 15 is 0 Å². The summed E-state index contributed by atoms with van der Waals surface area (Å²) in [4.78, 5) is 10.3. The number of nitro benzene ring substituents is 1. The van der Waals surface area contributed by atoms with Gasteiger partial charge in [-0.3, -0.25) is 10.1 Å². The maximum atomic E-state index is 10.8. The fourth-order valence-electron chi connectivity index (χ4n) is 1.80. The molecule has 0 bridgehead atoms. The Kier molecular flexibility index (Phi) is 5.14. The minimum absolute atomic E-state index is 0.0572. The highest BCUT2D eigenvalue weighted by molar-refractivity contribution is 6.32. The van der Waals surface area contributed by atoms with Crippen molar-refractivity contribution < 1.29 is 9.66 Å². The van der Waals surface area contributed by atoms with Crippen molar-refractivity contribution >= 4 is 17.3 Å². The molecule has 110 valence electrons. The van der Waals surface area contributed by atoms with Gasteiger partial charge in [0.05, 0.1) is 16.0 Å². The molecule has 0 saturated heterocycles. The lowest BCUT2D eigenvalue weighted by atomic mass is 10.2. The summed E-state index contributed by atoms with van der Waals surface area (Å²) >= 11 is 6.01. The summed E-state index contributed by atoms with van der Waals surface area (Å²) in [7, 11) is 0. The number of non-ortho nitro benzene ring substituents is 1. The second kappa shape index (κ2) is 7.06. The van der Waals surface area contributed by atoms with Gasteiger partial charge >= 0.3 is 0 Å². The first-order valence-corrected chi connectivity index (χ1v) is 6.89. The number of benzene rings is 2. The summed E-state index contributed by atoms with van der Waals surface area (Å²) in [5.41, 5.74) is 1.01. The standard InChI is InChI=1S/C15H15ClN2O3/c1-2-17-10-11-4-3-5-13(8-11)21-15-9-12(18(19)20)6-7-14(15)16/h3-9,17H,2,10H2,1H3. The van der Waals surface area contributed by atoms with E-state index in [1.54, 1.807) is 6.07 Å². The molecule has 0 saturated carbocycles. The average molecular weight is 307 g/mol. The molecule has 2 aromatic rings. The minimum Gasteiger partial charge on any atom is -0.456 e. The van der Waals surface area contributed by atoms with Crippen molar-refractivity contribution in [3.05, 3.63) is 63.2 Å². The number of hydrogen-bond acceptors (Lipinski definition) is 4. The van der Waals surface area contributed by atoms with Crippen molar-refractivity contribution in [3.63, 3.8) is 0 Å². The van der Waals surface area contributed by atoms with Gasteiger partial charge in [-0.25, -0.2) is 0 Å². The molecule has 0 spiro atoms. The molecule has 5 nitrogen and oxygen atoms in total. The van der Waals surface area contributed by atoms with E-state index in [1.807, 2.05) is 25.1 Å². The quantitative estimate of drug-likeness (QED) is 0.643. The zero-order valence-electron chi connectivity index (χ0n) is 11.5. The summed E-state index contributed by atoms with van der Waals surface area (Å²) < 4.78 is 5.66. The monoisotopic (exact) mass is 306 g/mol. The highest BCUT2D eigenvalue weighted by Crippen LogP contribution is 2.32. The Morgan fingerprint density at radius 1 is 1.29 bits per heavy atom. The van der Waals surface area contributed by atoms with Crippen LogP contribution in [0.2, 0.25) is 5.02 Å². The van der Waals surface area contributed by atoms with Crippen molar-refractivity contribution in [3.8, 4) is 11.5 Å². The number of nitrogens with one attached hydrogen (secondary N) is 1. The van der Waals surface area contributed by atoms with Crippen LogP contribution in [0.3, 0.4) is 0 Å². The van der Waals surface area contributed by atoms with Crippen LogP contribution in [0, 0.1) is 10.1 Å². The van der Waals surface area contributed by atoms with Crippen LogP contribution in [-0.4, -0.2) is 11.5 Å². The van der Waals surface area contributed by atoms with Crippen LogP contribution in [0.4, 0.5) is 5.69 Å². The lowest BCUT2D eigenvalue weighted by molar-refractivity contribution is -0.384. The van der Waals surface area contributed by atoms with Crippen molar-refractivity contribution in [2.75, 3.05) is 6.54 Å². The van der Waals surface area contributed by atoms with Gasteiger partial charge in [0.2, 0.25) is 0 Å². The Morgan fingerprint density at radius 3 is 2.81 bits per heavy atom. The first kappa shape index (κ1) is 15.3. The molecule has 6 heteroatoms. The molecule has 2 rings (SSSR count). The number of nitro groups is 1. The highest BCUT2D eigenvalue weighted by atomic mass is 35.5. The largest absolute Gasteiger partial charge is 0.456 e. The smallest absolute Gasteiger partial charge is 0.273 e. The van der Waals surface area contributed by atoms with Crippen LogP contribution < -0.4 is 10.1 Å². The Morgan fingerprint density at radius 2 is 2.10 bits per heavy atom. The van der Waals surface area contributed by atoms with Crippen molar-refractivity contribution in [2.24, 2.45) is 0 Å². The van der Waals surface area contributed by atoms with Crippen LogP contribution in [0.5, 0.6) is 11.5 Å². The summed E-state index contributed by atoms with van der Waals surface area (Å²) in [5.74, 6) is 0.860. The third-order valence-corrected chi connectivity index (χ3v) is 3.14. The normalized spacial score (nSPS) is 10.4. The minimum atomic E-state index is -0.481. The van der Waals surface area contributed by atoms with Gasteiger partial charge in [0.1, 0.15) is 5.75 Å². The third kappa shape index (κ3) is 4.18. The van der Waals surface area contributed by atoms with Gasteiger partial charge < -0.3 is 10.1 Å². The number of nitrogens with zero attached hydrogens (tertiary/aromatic N) is 1. The lowest BCUT2D eigenvalue weighted by Crippen LogP contribution is -2.11. The Bertz CT molecular complexity index is 647. The molecule has 0 radical (unpaired) electrons. The zero-order valence-corrected chi connectivity index (χ0v) is 12.3. The Balaban J connectivity index is 2.21. The molecule has 1 N–H and O–H groups in total. The van der Waals surface area contributed by atoms with E-state index < -0.39 is 4.92 Å². The molecule has 2 aromatic carbocycles. The molecule has 0 aliphatic carbocycles. The van der Waals surface area contributed by atoms with Gasteiger partial charge in [-0.2, -0.15) is 0 Å². The van der Waals surface area contributed by atoms with Crippen LogP contribution in [0.1, 0.15) is 12.5 Å². The molecule has 0 amide bonds. The molecular formula is C15H15ClN2O3. The molecular weight excluding hydrogens is 292 g/mol. The molecule has 0 aromatic heterocycles. The molecule has 0 heterocycles. The van der Waals surface area contributed by atoms with Gasteiger partial charge in [0.25, 0.3) is 5.69 Å². The number of rotatable bonds is 6. The molecule has 0 unspecified atom stereocenters. The Labute approximate surface area is 127 Å². The zero-order chi connectivity index (χ0) is 15.2. The van der Waals surface area contributed by atoms with Crippen molar-refractivity contribution in [2.45, 2.75) is 13.5 Å². The fourth-order valence-corrected chi connectivity index (χ4v) is 1.96. The molecule has 0 fully saturated rings. The van der Waals surface area contributed by atoms with Crippen molar-refractivity contribution in [1.29, 1.82) is 0 Å². The Hall–Kier alpha value is -2.11. The molecule has 0 aliphatic rings. The summed E-state index contributed by atoms with van der Waals surface area (Å²) in [6.07, 6.45) is 0. The summed E-state index contributed by atoms with van der Waals surface area (Å²) in [5, 5.41) is 14.3. The lowest BCUT2D eigenvalue weighted by Gasteiger charge is -2.09. The predicted octanol–water partition coefficient (Wildman–Crippen LogP) is 4.15. The van der Waals surface area contributed by atoms with E-state index in [9.17, 15) is 10.1 Å². The molecule has 21 heavy (non-hydrogen) atoms. The summed E-state index contributed by atoms with van der Waals surface area (Å²) in [6, 6.07) is 11.6. The van der Waals surface area contributed by atoms with Gasteiger partial charge in [-0.15, -0.1) is 0 Å². The molecule has 0 atom stereocenters. The van der Waals surface area contributed by atoms with E-state index in [4.69, 9.17) is 16.3 Å². The number of halogens is 1. The predicted molar refractivity (Wildman–Crippen MR) is 82.0 cm³/mol. The molecule has 0 aliphatic heterocycles. The maximum Gasteiger partial charge on any atom is 0.273 e. The van der Waals surface area contributed by atoms with Crippen LogP contribution in [0.15, 0.2) is 42.5 Å². The average Bonchev–Trinajstić information content (AvgIpc) is 2.47. The topological polar surface area (TPSA) is 64.4 Å². The second-order valence-electron chi connectivity index (χ2n) is 4.40. The first-order chi connectivity index (χ1) is 10.1. The maximum absolute atomic E-state index is 10.8. The van der Waals surface area contributed by atoms with Crippen LogP contribution in [0.25, 0.3) is 0 Å². The SMILES string of the molecule is CCNCc1cccc(Oc2cc([N+](=O)[O-])ccc2Cl)c1. The van der Waals surface area contributed by atoms with Gasteiger partial charge in [0.15, 0.2) is 5.75 Å². The first-order valence-electron chi connectivity index (χ1n) is 6.51. The van der Waals surface area contributed by atoms with E-state index in [0.29, 0.717) is 10.8 Å². The fraction of sp³-hybridized carbons (Fsp3) is 0.200.